The van der Waals surface area contributed by atoms with Crippen molar-refractivity contribution < 1.29 is 5.11 Å². The van der Waals surface area contributed by atoms with E-state index >= 15 is 0 Å². The van der Waals surface area contributed by atoms with E-state index in [-0.39, 0.29) is 0 Å². The standard InChI is InChI=1S/C26H52O/c1-3-5-7-9-14-18-22-26(23-19-15-10-8-6-4-2)24-20-16-12-11-13-17-21-25-27/h20,24,26-27H,3-19,21-23,25H2,1-2H3. The lowest BCUT2D eigenvalue weighted by atomic mass is 9.93. The van der Waals surface area contributed by atoms with E-state index in [1.165, 1.54) is 122 Å². The van der Waals surface area contributed by atoms with Gasteiger partial charge in [-0.3, -0.25) is 0 Å². The van der Waals surface area contributed by atoms with Crippen molar-refractivity contribution in [1.29, 1.82) is 0 Å². The maximum absolute atomic E-state index is 8.82. The molecule has 0 rings (SSSR count). The lowest BCUT2D eigenvalue weighted by Crippen LogP contribution is -1.97. The largest absolute Gasteiger partial charge is 0.396 e. The first kappa shape index (κ1) is 26.7. The fourth-order valence-electron chi connectivity index (χ4n) is 3.90. The molecule has 0 aromatic carbocycles. The van der Waals surface area contributed by atoms with Crippen LogP contribution in [0.4, 0.5) is 0 Å². The van der Waals surface area contributed by atoms with Gasteiger partial charge in [0.25, 0.3) is 0 Å². The van der Waals surface area contributed by atoms with Crippen LogP contribution >= 0.6 is 0 Å². The number of hydrogen-bond acceptors (Lipinski definition) is 1. The highest BCUT2D eigenvalue weighted by Crippen LogP contribution is 2.21. The molecule has 27 heavy (non-hydrogen) atoms. The highest BCUT2D eigenvalue weighted by molar-refractivity contribution is 4.88. The first-order valence-corrected chi connectivity index (χ1v) is 12.6. The molecule has 0 aliphatic rings. The van der Waals surface area contributed by atoms with E-state index in [0.29, 0.717) is 6.61 Å². The predicted molar refractivity (Wildman–Crippen MR) is 123 cm³/mol. The van der Waals surface area contributed by atoms with Gasteiger partial charge in [-0.05, 0) is 38.0 Å². The molecule has 0 atom stereocenters. The zero-order valence-corrected chi connectivity index (χ0v) is 19.0. The van der Waals surface area contributed by atoms with Crippen LogP contribution in [0.1, 0.15) is 142 Å². The smallest absolute Gasteiger partial charge is 0.0431 e. The van der Waals surface area contributed by atoms with Crippen LogP contribution in [0, 0.1) is 5.92 Å². The Morgan fingerprint density at radius 2 is 1.00 bits per heavy atom. The molecule has 1 N–H and O–H groups in total. The number of allylic oxidation sites excluding steroid dienone is 2. The van der Waals surface area contributed by atoms with Crippen molar-refractivity contribution >= 4 is 0 Å². The van der Waals surface area contributed by atoms with Gasteiger partial charge in [-0.25, -0.2) is 0 Å². The Bertz CT molecular complexity index is 268. The topological polar surface area (TPSA) is 20.2 Å². The quantitative estimate of drug-likeness (QED) is 0.147. The summed E-state index contributed by atoms with van der Waals surface area (Å²) in [5.74, 6) is 0.830. The van der Waals surface area contributed by atoms with E-state index < -0.39 is 0 Å². The molecule has 0 saturated carbocycles. The van der Waals surface area contributed by atoms with Gasteiger partial charge in [-0.1, -0.05) is 122 Å². The number of hydrogen-bond donors (Lipinski definition) is 1. The zero-order valence-electron chi connectivity index (χ0n) is 19.0. The fraction of sp³-hybridized carbons (Fsp3) is 0.923. The van der Waals surface area contributed by atoms with Crippen LogP contribution in [-0.2, 0) is 0 Å². The van der Waals surface area contributed by atoms with Crippen LogP contribution in [0.25, 0.3) is 0 Å². The second-order valence-electron chi connectivity index (χ2n) is 8.58. The number of rotatable bonds is 22. The number of aliphatic hydroxyl groups is 1. The van der Waals surface area contributed by atoms with Gasteiger partial charge in [0.05, 0.1) is 0 Å². The molecule has 0 amide bonds. The van der Waals surface area contributed by atoms with Crippen LogP contribution in [0.5, 0.6) is 0 Å². The van der Waals surface area contributed by atoms with Gasteiger partial charge < -0.3 is 5.11 Å². The fourth-order valence-corrected chi connectivity index (χ4v) is 3.90. The summed E-state index contributed by atoms with van der Waals surface area (Å²) >= 11 is 0. The average molecular weight is 381 g/mol. The molecule has 0 aromatic rings. The molecule has 0 heterocycles. The molecule has 1 nitrogen and oxygen atoms in total. The second kappa shape index (κ2) is 23.7. The molecule has 162 valence electrons. The van der Waals surface area contributed by atoms with E-state index in [4.69, 9.17) is 5.11 Å². The molecule has 0 bridgehead atoms. The minimum atomic E-state index is 0.360. The van der Waals surface area contributed by atoms with Crippen LogP contribution in [0.2, 0.25) is 0 Å². The normalized spacial score (nSPS) is 11.9. The van der Waals surface area contributed by atoms with E-state index in [2.05, 4.69) is 26.0 Å². The summed E-state index contributed by atoms with van der Waals surface area (Å²) in [5, 5.41) is 8.82. The van der Waals surface area contributed by atoms with Crippen molar-refractivity contribution in [2.24, 2.45) is 5.92 Å². The molecule has 0 aliphatic carbocycles. The van der Waals surface area contributed by atoms with Crippen molar-refractivity contribution in [3.63, 3.8) is 0 Å². The highest BCUT2D eigenvalue weighted by atomic mass is 16.2. The van der Waals surface area contributed by atoms with Crippen molar-refractivity contribution in [3.05, 3.63) is 12.2 Å². The molecule has 0 unspecified atom stereocenters. The first-order valence-electron chi connectivity index (χ1n) is 12.6. The van der Waals surface area contributed by atoms with E-state index in [0.717, 1.165) is 12.3 Å². The molecule has 1 heteroatoms. The summed E-state index contributed by atoms with van der Waals surface area (Å²) in [7, 11) is 0. The summed E-state index contributed by atoms with van der Waals surface area (Å²) < 4.78 is 0. The van der Waals surface area contributed by atoms with E-state index in [9.17, 15) is 0 Å². The highest BCUT2D eigenvalue weighted by Gasteiger charge is 2.05. The third-order valence-electron chi connectivity index (χ3n) is 5.79. The summed E-state index contributed by atoms with van der Waals surface area (Å²) in [5.41, 5.74) is 0. The molecule has 0 saturated heterocycles. The Kier molecular flexibility index (Phi) is 23.5. The summed E-state index contributed by atoms with van der Waals surface area (Å²) in [6, 6.07) is 0. The van der Waals surface area contributed by atoms with Gasteiger partial charge in [-0.15, -0.1) is 0 Å². The average Bonchev–Trinajstić information content (AvgIpc) is 2.68. The summed E-state index contributed by atoms with van der Waals surface area (Å²) in [4.78, 5) is 0. The maximum Gasteiger partial charge on any atom is 0.0431 e. The van der Waals surface area contributed by atoms with E-state index in [1.54, 1.807) is 0 Å². The molecular weight excluding hydrogens is 328 g/mol. The minimum Gasteiger partial charge on any atom is -0.396 e. The van der Waals surface area contributed by atoms with Crippen molar-refractivity contribution in [3.8, 4) is 0 Å². The zero-order chi connectivity index (χ0) is 19.8. The summed E-state index contributed by atoms with van der Waals surface area (Å²) in [6.45, 7) is 4.96. The predicted octanol–water partition coefficient (Wildman–Crippen LogP) is 8.99. The van der Waals surface area contributed by atoms with Gasteiger partial charge >= 0.3 is 0 Å². The van der Waals surface area contributed by atoms with Gasteiger partial charge in [0.15, 0.2) is 0 Å². The molecule has 0 fully saturated rings. The van der Waals surface area contributed by atoms with E-state index in [1.807, 2.05) is 0 Å². The van der Waals surface area contributed by atoms with Gasteiger partial charge in [0.1, 0.15) is 0 Å². The number of unbranched alkanes of at least 4 members (excludes halogenated alkanes) is 15. The Hall–Kier alpha value is -0.300. The Labute approximate surface area is 172 Å². The van der Waals surface area contributed by atoms with Crippen LogP contribution in [-0.4, -0.2) is 11.7 Å². The molecule has 0 radical (unpaired) electrons. The maximum atomic E-state index is 8.82. The minimum absolute atomic E-state index is 0.360. The van der Waals surface area contributed by atoms with Crippen molar-refractivity contribution in [2.45, 2.75) is 142 Å². The lowest BCUT2D eigenvalue weighted by molar-refractivity contribution is 0.282. The molecule has 0 aliphatic heterocycles. The Morgan fingerprint density at radius 3 is 1.52 bits per heavy atom. The Morgan fingerprint density at radius 1 is 0.556 bits per heavy atom. The van der Waals surface area contributed by atoms with Crippen molar-refractivity contribution in [2.75, 3.05) is 6.61 Å². The third-order valence-corrected chi connectivity index (χ3v) is 5.79. The van der Waals surface area contributed by atoms with Gasteiger partial charge in [0.2, 0.25) is 0 Å². The SMILES string of the molecule is CCCCCCCCC(C=CCCCCCCCO)CCCCCCCC. The third kappa shape index (κ3) is 21.9. The second-order valence-corrected chi connectivity index (χ2v) is 8.58. The molecule has 0 aromatic heterocycles. The van der Waals surface area contributed by atoms with Crippen LogP contribution in [0.15, 0.2) is 12.2 Å². The molecule has 0 spiro atoms. The first-order chi connectivity index (χ1) is 13.3. The van der Waals surface area contributed by atoms with Gasteiger partial charge in [-0.2, -0.15) is 0 Å². The number of aliphatic hydroxyl groups excluding tert-OH is 1. The monoisotopic (exact) mass is 380 g/mol. The van der Waals surface area contributed by atoms with Crippen molar-refractivity contribution in [1.82, 2.24) is 0 Å². The van der Waals surface area contributed by atoms with Crippen LogP contribution < -0.4 is 0 Å². The van der Waals surface area contributed by atoms with Gasteiger partial charge in [0, 0.05) is 6.61 Å². The van der Waals surface area contributed by atoms with Crippen LogP contribution in [0.3, 0.4) is 0 Å². The lowest BCUT2D eigenvalue weighted by Gasteiger charge is -2.13. The Balaban J connectivity index is 3.90. The summed E-state index contributed by atoms with van der Waals surface area (Å²) in [6.07, 6.45) is 32.2. The molecular formula is C26H52O.